The Kier molecular flexibility index (Phi) is 5.46. The van der Waals surface area contributed by atoms with Crippen LogP contribution in [0.1, 0.15) is 44.6 Å². The summed E-state index contributed by atoms with van der Waals surface area (Å²) in [5.41, 5.74) is 0.439. The minimum atomic E-state index is -0.841. The second kappa shape index (κ2) is 7.14. The summed E-state index contributed by atoms with van der Waals surface area (Å²) in [7, 11) is 0. The van der Waals surface area contributed by atoms with Crippen molar-refractivity contribution in [3.8, 4) is 0 Å². The van der Waals surface area contributed by atoms with E-state index in [9.17, 15) is 9.59 Å². The predicted molar refractivity (Wildman–Crippen MR) is 86.0 cm³/mol. The van der Waals surface area contributed by atoms with Gasteiger partial charge in [-0.15, -0.1) is 0 Å². The average molecular weight is 324 g/mol. The molecule has 1 aromatic carbocycles. The molecule has 0 heterocycles. The summed E-state index contributed by atoms with van der Waals surface area (Å²) in [6.45, 7) is 2.21. The van der Waals surface area contributed by atoms with E-state index in [0.29, 0.717) is 11.6 Å². The Labute approximate surface area is 135 Å². The monoisotopic (exact) mass is 323 g/mol. The van der Waals surface area contributed by atoms with Crippen LogP contribution in [0.5, 0.6) is 0 Å². The van der Waals surface area contributed by atoms with Gasteiger partial charge in [-0.1, -0.05) is 43.5 Å². The van der Waals surface area contributed by atoms with Gasteiger partial charge < -0.3 is 10.4 Å². The number of carboxylic acid groups (broad SMARTS) is 1. The number of carboxylic acids is 1. The zero-order valence-corrected chi connectivity index (χ0v) is 13.5. The fourth-order valence-corrected chi connectivity index (χ4v) is 3.41. The van der Waals surface area contributed by atoms with Crippen molar-refractivity contribution >= 4 is 23.5 Å². The maximum atomic E-state index is 12.8. The fraction of sp³-hybridized carbons (Fsp3) is 0.529. The number of carbonyl (C=O) groups excluding carboxylic acids is 1. The SMILES string of the molecule is CC(CNC(=O)C1(c2cccc(Cl)c2)CCCC1)CC(=O)O. The van der Waals surface area contributed by atoms with Crippen molar-refractivity contribution < 1.29 is 14.7 Å². The van der Waals surface area contributed by atoms with Crippen LogP contribution in [0.2, 0.25) is 5.02 Å². The van der Waals surface area contributed by atoms with Crippen LogP contribution in [-0.4, -0.2) is 23.5 Å². The normalized spacial score (nSPS) is 17.9. The number of aliphatic carboxylic acids is 1. The molecule has 1 aromatic rings. The molecular formula is C17H22ClNO3. The van der Waals surface area contributed by atoms with E-state index in [-0.39, 0.29) is 18.2 Å². The first-order chi connectivity index (χ1) is 10.4. The van der Waals surface area contributed by atoms with E-state index in [4.69, 9.17) is 16.7 Å². The molecule has 1 aliphatic rings. The van der Waals surface area contributed by atoms with E-state index in [2.05, 4.69) is 5.32 Å². The fourth-order valence-electron chi connectivity index (χ4n) is 3.22. The molecule has 0 spiro atoms. The molecular weight excluding hydrogens is 302 g/mol. The summed E-state index contributed by atoms with van der Waals surface area (Å²) in [6, 6.07) is 7.50. The molecule has 4 nitrogen and oxygen atoms in total. The lowest BCUT2D eigenvalue weighted by Gasteiger charge is -2.29. The van der Waals surface area contributed by atoms with Crippen LogP contribution in [0.4, 0.5) is 0 Å². The number of amides is 1. The minimum Gasteiger partial charge on any atom is -0.481 e. The number of rotatable bonds is 6. The third-order valence-electron chi connectivity index (χ3n) is 4.40. The van der Waals surface area contributed by atoms with Crippen LogP contribution in [-0.2, 0) is 15.0 Å². The molecule has 2 N–H and O–H groups in total. The highest BCUT2D eigenvalue weighted by molar-refractivity contribution is 6.30. The van der Waals surface area contributed by atoms with E-state index in [1.165, 1.54) is 0 Å². The van der Waals surface area contributed by atoms with Crippen LogP contribution in [0.3, 0.4) is 0 Å². The zero-order valence-electron chi connectivity index (χ0n) is 12.8. The number of nitrogens with one attached hydrogen (secondary N) is 1. The predicted octanol–water partition coefficient (Wildman–Crippen LogP) is 3.38. The van der Waals surface area contributed by atoms with Crippen LogP contribution >= 0.6 is 11.6 Å². The molecule has 0 saturated heterocycles. The first kappa shape index (κ1) is 16.8. The van der Waals surface area contributed by atoms with E-state index in [1.54, 1.807) is 6.07 Å². The molecule has 0 aliphatic heterocycles. The highest BCUT2D eigenvalue weighted by atomic mass is 35.5. The van der Waals surface area contributed by atoms with Gasteiger partial charge in [-0.25, -0.2) is 0 Å². The Morgan fingerprint density at radius 3 is 2.64 bits per heavy atom. The quantitative estimate of drug-likeness (QED) is 0.843. The lowest BCUT2D eigenvalue weighted by molar-refractivity contribution is -0.138. The lowest BCUT2D eigenvalue weighted by atomic mass is 9.78. The van der Waals surface area contributed by atoms with Crippen molar-refractivity contribution in [2.45, 2.75) is 44.4 Å². The number of hydrogen-bond acceptors (Lipinski definition) is 2. The summed E-state index contributed by atoms with van der Waals surface area (Å²) < 4.78 is 0. The highest BCUT2D eigenvalue weighted by Gasteiger charge is 2.42. The summed E-state index contributed by atoms with van der Waals surface area (Å²) >= 11 is 6.08. The number of carbonyl (C=O) groups is 2. The Balaban J connectivity index is 2.11. The molecule has 2 rings (SSSR count). The van der Waals surface area contributed by atoms with Crippen LogP contribution < -0.4 is 5.32 Å². The van der Waals surface area contributed by atoms with Crippen molar-refractivity contribution in [3.63, 3.8) is 0 Å². The molecule has 1 unspecified atom stereocenters. The Hall–Kier alpha value is -1.55. The van der Waals surface area contributed by atoms with Crippen molar-refractivity contribution in [2.75, 3.05) is 6.54 Å². The molecule has 0 radical (unpaired) electrons. The average Bonchev–Trinajstić information content (AvgIpc) is 2.95. The molecule has 0 aromatic heterocycles. The smallest absolute Gasteiger partial charge is 0.303 e. The van der Waals surface area contributed by atoms with Gasteiger partial charge in [-0.05, 0) is 36.5 Å². The molecule has 120 valence electrons. The second-order valence-corrected chi connectivity index (χ2v) is 6.65. The minimum absolute atomic E-state index is 0.00972. The van der Waals surface area contributed by atoms with Crippen molar-refractivity contribution in [2.24, 2.45) is 5.92 Å². The maximum Gasteiger partial charge on any atom is 0.303 e. The maximum absolute atomic E-state index is 12.8. The first-order valence-corrected chi connectivity index (χ1v) is 8.08. The highest BCUT2D eigenvalue weighted by Crippen LogP contribution is 2.42. The molecule has 1 saturated carbocycles. The molecule has 1 aliphatic carbocycles. The number of halogens is 1. The van der Waals surface area contributed by atoms with Crippen molar-refractivity contribution in [1.29, 1.82) is 0 Å². The second-order valence-electron chi connectivity index (χ2n) is 6.21. The van der Waals surface area contributed by atoms with Gasteiger partial charge in [0.1, 0.15) is 0 Å². The van der Waals surface area contributed by atoms with E-state index >= 15 is 0 Å². The Morgan fingerprint density at radius 1 is 1.36 bits per heavy atom. The van der Waals surface area contributed by atoms with Crippen molar-refractivity contribution in [3.05, 3.63) is 34.9 Å². The Morgan fingerprint density at radius 2 is 2.05 bits per heavy atom. The van der Waals surface area contributed by atoms with Gasteiger partial charge in [0.15, 0.2) is 0 Å². The topological polar surface area (TPSA) is 66.4 Å². The van der Waals surface area contributed by atoms with Gasteiger partial charge in [0.05, 0.1) is 5.41 Å². The van der Waals surface area contributed by atoms with Gasteiger partial charge in [0.25, 0.3) is 0 Å². The van der Waals surface area contributed by atoms with Gasteiger partial charge in [-0.3, -0.25) is 9.59 Å². The van der Waals surface area contributed by atoms with Gasteiger partial charge in [0, 0.05) is 18.0 Å². The van der Waals surface area contributed by atoms with Gasteiger partial charge >= 0.3 is 5.97 Å². The van der Waals surface area contributed by atoms with Crippen LogP contribution in [0.25, 0.3) is 0 Å². The zero-order chi connectivity index (χ0) is 16.2. The Bertz CT molecular complexity index is 553. The molecule has 1 atom stereocenters. The molecule has 22 heavy (non-hydrogen) atoms. The number of hydrogen-bond donors (Lipinski definition) is 2. The molecule has 5 heteroatoms. The largest absolute Gasteiger partial charge is 0.481 e. The standard InChI is InChI=1S/C17H22ClNO3/c1-12(9-15(20)21)11-19-16(22)17(7-2-3-8-17)13-5-4-6-14(18)10-13/h4-6,10,12H,2-3,7-9,11H2,1H3,(H,19,22)(H,20,21). The summed E-state index contributed by atoms with van der Waals surface area (Å²) in [6.07, 6.45) is 3.72. The van der Waals surface area contributed by atoms with Crippen molar-refractivity contribution in [1.82, 2.24) is 5.32 Å². The van der Waals surface area contributed by atoms with Crippen LogP contribution in [0, 0.1) is 5.92 Å². The van der Waals surface area contributed by atoms with Crippen LogP contribution in [0.15, 0.2) is 24.3 Å². The summed E-state index contributed by atoms with van der Waals surface area (Å²) in [4.78, 5) is 23.5. The molecule has 0 bridgehead atoms. The summed E-state index contributed by atoms with van der Waals surface area (Å²) in [5, 5.41) is 12.4. The van der Waals surface area contributed by atoms with E-state index in [0.717, 1.165) is 31.2 Å². The number of benzene rings is 1. The third kappa shape index (κ3) is 3.80. The van der Waals surface area contributed by atoms with E-state index in [1.807, 2.05) is 25.1 Å². The third-order valence-corrected chi connectivity index (χ3v) is 4.64. The molecule has 1 amide bonds. The first-order valence-electron chi connectivity index (χ1n) is 7.70. The van der Waals surface area contributed by atoms with Gasteiger partial charge in [-0.2, -0.15) is 0 Å². The van der Waals surface area contributed by atoms with E-state index < -0.39 is 11.4 Å². The summed E-state index contributed by atoms with van der Waals surface area (Å²) in [5.74, 6) is -0.934. The molecule has 1 fully saturated rings. The van der Waals surface area contributed by atoms with Gasteiger partial charge in [0.2, 0.25) is 5.91 Å². The lowest BCUT2D eigenvalue weighted by Crippen LogP contribution is -2.44.